The van der Waals surface area contributed by atoms with Crippen LogP contribution in [0.4, 0.5) is 0 Å². The number of likely N-dealkylation sites (N-methyl/N-ethyl adjacent to an activating group) is 1. The quantitative estimate of drug-likeness (QED) is 0.756. The predicted octanol–water partition coefficient (Wildman–Crippen LogP) is 3.95. The first kappa shape index (κ1) is 14.5. The zero-order valence-corrected chi connectivity index (χ0v) is 12.5. The van der Waals surface area contributed by atoms with Crippen LogP contribution >= 0.6 is 15.9 Å². The summed E-state index contributed by atoms with van der Waals surface area (Å²) in [5, 5.41) is 0. The summed E-state index contributed by atoms with van der Waals surface area (Å²) in [7, 11) is 2.16. The van der Waals surface area contributed by atoms with Gasteiger partial charge in [0.2, 0.25) is 0 Å². The molecule has 0 saturated heterocycles. The molecule has 3 heteroatoms. The number of rotatable bonds is 7. The molecule has 0 radical (unpaired) electrons. The van der Waals surface area contributed by atoms with Gasteiger partial charge in [-0.15, -0.1) is 0 Å². The van der Waals surface area contributed by atoms with E-state index in [4.69, 9.17) is 4.74 Å². The Bertz CT molecular complexity index is 330. The molecule has 0 fully saturated rings. The molecule has 0 spiro atoms. The van der Waals surface area contributed by atoms with Crippen molar-refractivity contribution in [2.24, 2.45) is 0 Å². The second-order valence-electron chi connectivity index (χ2n) is 4.42. The van der Waals surface area contributed by atoms with Crippen molar-refractivity contribution in [2.45, 2.75) is 32.7 Å². The van der Waals surface area contributed by atoms with Crippen LogP contribution in [0.5, 0.6) is 5.75 Å². The molecular weight excluding hydrogens is 278 g/mol. The summed E-state index contributed by atoms with van der Waals surface area (Å²) in [5.74, 6) is 0.927. The highest BCUT2D eigenvalue weighted by Gasteiger charge is 2.07. The number of halogens is 1. The summed E-state index contributed by atoms with van der Waals surface area (Å²) < 4.78 is 6.77. The highest BCUT2D eigenvalue weighted by atomic mass is 79.9. The van der Waals surface area contributed by atoms with Crippen molar-refractivity contribution in [1.82, 2.24) is 4.90 Å². The molecular formula is C14H22BrNO. The Morgan fingerprint density at radius 1 is 1.41 bits per heavy atom. The number of ether oxygens (including phenoxy) is 1. The number of hydrogen-bond donors (Lipinski definition) is 0. The van der Waals surface area contributed by atoms with Crippen LogP contribution < -0.4 is 4.74 Å². The summed E-state index contributed by atoms with van der Waals surface area (Å²) in [4.78, 5) is 2.35. The molecule has 0 amide bonds. The fourth-order valence-electron chi connectivity index (χ4n) is 1.72. The molecule has 0 aliphatic carbocycles. The van der Waals surface area contributed by atoms with Crippen molar-refractivity contribution in [3.8, 4) is 5.75 Å². The maximum absolute atomic E-state index is 5.71. The fraction of sp³-hybridized carbons (Fsp3) is 0.571. The molecule has 0 aliphatic heterocycles. The number of hydrogen-bond acceptors (Lipinski definition) is 2. The number of benzene rings is 1. The second kappa shape index (κ2) is 7.72. The first-order chi connectivity index (χ1) is 8.13. The van der Waals surface area contributed by atoms with Crippen LogP contribution in [0.2, 0.25) is 0 Å². The normalized spacial score (nSPS) is 12.8. The van der Waals surface area contributed by atoms with E-state index in [0.717, 1.165) is 23.4 Å². The van der Waals surface area contributed by atoms with E-state index in [1.54, 1.807) is 0 Å². The summed E-state index contributed by atoms with van der Waals surface area (Å²) in [6, 6.07) is 8.60. The lowest BCUT2D eigenvalue weighted by Crippen LogP contribution is -2.32. The van der Waals surface area contributed by atoms with Crippen molar-refractivity contribution in [2.75, 3.05) is 20.2 Å². The summed E-state index contributed by atoms with van der Waals surface area (Å²) >= 11 is 3.44. The molecule has 1 rings (SSSR count). The third-order valence-electron chi connectivity index (χ3n) is 2.97. The van der Waals surface area contributed by atoms with Gasteiger partial charge in [0.15, 0.2) is 0 Å². The van der Waals surface area contributed by atoms with Gasteiger partial charge in [-0.05, 0) is 38.6 Å². The van der Waals surface area contributed by atoms with Gasteiger partial charge in [-0.2, -0.15) is 0 Å². The molecule has 2 nitrogen and oxygen atoms in total. The lowest BCUT2D eigenvalue weighted by molar-refractivity contribution is 0.193. The van der Waals surface area contributed by atoms with Crippen molar-refractivity contribution < 1.29 is 4.74 Å². The minimum absolute atomic E-state index is 0.631. The lowest BCUT2D eigenvalue weighted by Gasteiger charge is -2.24. The third-order valence-corrected chi connectivity index (χ3v) is 3.46. The molecule has 0 saturated carbocycles. The zero-order chi connectivity index (χ0) is 12.7. The minimum atomic E-state index is 0.631. The van der Waals surface area contributed by atoms with Crippen molar-refractivity contribution in [1.29, 1.82) is 0 Å². The van der Waals surface area contributed by atoms with Gasteiger partial charge < -0.3 is 9.64 Å². The van der Waals surface area contributed by atoms with E-state index >= 15 is 0 Å². The molecule has 0 aliphatic rings. The van der Waals surface area contributed by atoms with Crippen molar-refractivity contribution in [3.63, 3.8) is 0 Å². The van der Waals surface area contributed by atoms with Gasteiger partial charge in [0.05, 0.1) is 0 Å². The highest BCUT2D eigenvalue weighted by molar-refractivity contribution is 9.10. The predicted molar refractivity (Wildman–Crippen MR) is 76.6 cm³/mol. The Morgan fingerprint density at radius 3 is 2.82 bits per heavy atom. The Kier molecular flexibility index (Phi) is 6.60. The maximum atomic E-state index is 5.71. The second-order valence-corrected chi connectivity index (χ2v) is 5.34. The van der Waals surface area contributed by atoms with E-state index in [9.17, 15) is 0 Å². The van der Waals surface area contributed by atoms with E-state index < -0.39 is 0 Å². The smallest absolute Gasteiger partial charge is 0.120 e. The Labute approximate surface area is 113 Å². The molecule has 96 valence electrons. The molecule has 0 N–H and O–H groups in total. The van der Waals surface area contributed by atoms with Gasteiger partial charge in [0, 0.05) is 17.1 Å². The van der Waals surface area contributed by atoms with Gasteiger partial charge in [0.1, 0.15) is 12.4 Å². The average molecular weight is 300 g/mol. The molecule has 1 atom stereocenters. The first-order valence-corrected chi connectivity index (χ1v) is 7.01. The van der Waals surface area contributed by atoms with Crippen LogP contribution in [0.15, 0.2) is 28.7 Å². The van der Waals surface area contributed by atoms with Gasteiger partial charge in [-0.1, -0.05) is 35.3 Å². The Morgan fingerprint density at radius 2 is 2.18 bits per heavy atom. The van der Waals surface area contributed by atoms with Crippen LogP contribution in [0.1, 0.15) is 26.7 Å². The van der Waals surface area contributed by atoms with E-state index in [-0.39, 0.29) is 0 Å². The van der Waals surface area contributed by atoms with Gasteiger partial charge in [-0.25, -0.2) is 0 Å². The van der Waals surface area contributed by atoms with Crippen LogP contribution in [0.25, 0.3) is 0 Å². The minimum Gasteiger partial charge on any atom is -0.492 e. The fourth-order valence-corrected chi connectivity index (χ4v) is 2.10. The molecule has 0 bridgehead atoms. The average Bonchev–Trinajstić information content (AvgIpc) is 2.29. The standard InChI is InChI=1S/C14H22BrNO/c1-4-6-12(2)16(3)9-10-17-14-8-5-7-13(15)11-14/h5,7-8,11-12H,4,6,9-10H2,1-3H3. The molecule has 17 heavy (non-hydrogen) atoms. The van der Waals surface area contributed by atoms with Crippen LogP contribution in [0, 0.1) is 0 Å². The summed E-state index contributed by atoms with van der Waals surface area (Å²) in [6.07, 6.45) is 2.48. The van der Waals surface area contributed by atoms with E-state index in [2.05, 4.69) is 41.7 Å². The van der Waals surface area contributed by atoms with E-state index in [0.29, 0.717) is 6.04 Å². The highest BCUT2D eigenvalue weighted by Crippen LogP contribution is 2.17. The molecule has 1 unspecified atom stereocenters. The van der Waals surface area contributed by atoms with E-state index in [1.165, 1.54) is 12.8 Å². The third kappa shape index (κ3) is 5.55. The Balaban J connectivity index is 2.28. The molecule has 0 aromatic heterocycles. The summed E-state index contributed by atoms with van der Waals surface area (Å²) in [6.45, 7) is 6.19. The van der Waals surface area contributed by atoms with Gasteiger partial charge >= 0.3 is 0 Å². The maximum Gasteiger partial charge on any atom is 0.120 e. The number of nitrogens with zero attached hydrogens (tertiary/aromatic N) is 1. The Hall–Kier alpha value is -0.540. The molecule has 1 aromatic carbocycles. The van der Waals surface area contributed by atoms with Gasteiger partial charge in [-0.3, -0.25) is 0 Å². The van der Waals surface area contributed by atoms with Crippen LogP contribution in [-0.2, 0) is 0 Å². The zero-order valence-electron chi connectivity index (χ0n) is 10.9. The van der Waals surface area contributed by atoms with Crippen molar-refractivity contribution >= 4 is 15.9 Å². The molecule has 1 aromatic rings. The SMILES string of the molecule is CCCC(C)N(C)CCOc1cccc(Br)c1. The van der Waals surface area contributed by atoms with Crippen LogP contribution in [-0.4, -0.2) is 31.1 Å². The monoisotopic (exact) mass is 299 g/mol. The van der Waals surface area contributed by atoms with Gasteiger partial charge in [0.25, 0.3) is 0 Å². The first-order valence-electron chi connectivity index (χ1n) is 6.22. The lowest BCUT2D eigenvalue weighted by atomic mass is 10.2. The molecule has 0 heterocycles. The van der Waals surface area contributed by atoms with Crippen LogP contribution in [0.3, 0.4) is 0 Å². The topological polar surface area (TPSA) is 12.5 Å². The van der Waals surface area contributed by atoms with Crippen molar-refractivity contribution in [3.05, 3.63) is 28.7 Å². The van der Waals surface area contributed by atoms with E-state index in [1.807, 2.05) is 24.3 Å². The largest absolute Gasteiger partial charge is 0.492 e. The summed E-state index contributed by atoms with van der Waals surface area (Å²) in [5.41, 5.74) is 0.